The van der Waals surface area contributed by atoms with Gasteiger partial charge in [-0.1, -0.05) is 5.21 Å². The Morgan fingerprint density at radius 1 is 1.35 bits per heavy atom. The van der Waals surface area contributed by atoms with E-state index in [2.05, 4.69) is 25.9 Å². The summed E-state index contributed by atoms with van der Waals surface area (Å²) in [7, 11) is 1.59. The molecule has 1 heterocycles. The minimum atomic E-state index is -0.333. The van der Waals surface area contributed by atoms with E-state index in [0.717, 1.165) is 5.75 Å². The third kappa shape index (κ3) is 3.67. The Morgan fingerprint density at radius 2 is 2.05 bits per heavy atom. The number of aromatic nitrogens is 4. The summed E-state index contributed by atoms with van der Waals surface area (Å²) < 4.78 is 10.4. The van der Waals surface area contributed by atoms with Crippen molar-refractivity contribution in [3.63, 3.8) is 0 Å². The molecule has 1 aromatic heterocycles. The van der Waals surface area contributed by atoms with Crippen molar-refractivity contribution >= 4 is 5.91 Å². The van der Waals surface area contributed by atoms with Gasteiger partial charge in [-0.05, 0) is 31.2 Å². The van der Waals surface area contributed by atoms with Crippen molar-refractivity contribution in [2.75, 3.05) is 13.7 Å². The van der Waals surface area contributed by atoms with E-state index in [1.807, 2.05) is 0 Å². The first-order chi connectivity index (χ1) is 9.69. The minimum Gasteiger partial charge on any atom is -0.497 e. The molecule has 106 valence electrons. The highest BCUT2D eigenvalue weighted by molar-refractivity contribution is 5.77. The number of carbonyl (C=O) groups is 1. The van der Waals surface area contributed by atoms with Gasteiger partial charge >= 0.3 is 0 Å². The van der Waals surface area contributed by atoms with Gasteiger partial charge in [-0.2, -0.15) is 5.21 Å². The number of benzene rings is 1. The summed E-state index contributed by atoms with van der Waals surface area (Å²) in [5, 5.41) is 16.0. The molecule has 0 spiro atoms. The number of aromatic amines is 1. The molecule has 1 aromatic carbocycles. The van der Waals surface area contributed by atoms with Crippen molar-refractivity contribution in [2.45, 2.75) is 13.0 Å². The van der Waals surface area contributed by atoms with E-state index in [0.29, 0.717) is 11.6 Å². The first-order valence-electron chi connectivity index (χ1n) is 5.98. The fraction of sp³-hybridized carbons (Fsp3) is 0.333. The molecular weight excluding hydrogens is 262 g/mol. The maximum atomic E-state index is 11.7. The van der Waals surface area contributed by atoms with Crippen molar-refractivity contribution in [3.8, 4) is 11.5 Å². The van der Waals surface area contributed by atoms with Crippen LogP contribution in [0, 0.1) is 0 Å². The van der Waals surface area contributed by atoms with Crippen LogP contribution in [0.5, 0.6) is 11.5 Å². The summed E-state index contributed by atoms with van der Waals surface area (Å²) in [6.45, 7) is 1.67. The van der Waals surface area contributed by atoms with Crippen molar-refractivity contribution in [1.82, 2.24) is 25.9 Å². The largest absolute Gasteiger partial charge is 0.497 e. The summed E-state index contributed by atoms with van der Waals surface area (Å²) in [6, 6.07) is 6.65. The standard InChI is InChI=1S/C12H15N5O3/c1-8(12-14-16-17-15-12)13-11(18)7-20-10-5-3-9(19-2)4-6-10/h3-6,8H,7H2,1-2H3,(H,13,18)(H,14,15,16,17). The molecule has 0 aliphatic heterocycles. The maximum Gasteiger partial charge on any atom is 0.258 e. The number of amides is 1. The lowest BCUT2D eigenvalue weighted by atomic mass is 10.3. The molecule has 8 heteroatoms. The van der Waals surface area contributed by atoms with E-state index >= 15 is 0 Å². The number of nitrogens with one attached hydrogen (secondary N) is 2. The van der Waals surface area contributed by atoms with Gasteiger partial charge < -0.3 is 14.8 Å². The highest BCUT2D eigenvalue weighted by atomic mass is 16.5. The van der Waals surface area contributed by atoms with Crippen LogP contribution >= 0.6 is 0 Å². The quantitative estimate of drug-likeness (QED) is 0.795. The van der Waals surface area contributed by atoms with E-state index in [1.165, 1.54) is 0 Å². The lowest BCUT2D eigenvalue weighted by molar-refractivity contribution is -0.123. The number of hydrogen-bond acceptors (Lipinski definition) is 6. The van der Waals surface area contributed by atoms with E-state index in [1.54, 1.807) is 38.3 Å². The minimum absolute atomic E-state index is 0.0888. The molecule has 0 radical (unpaired) electrons. The second kappa shape index (κ2) is 6.50. The van der Waals surface area contributed by atoms with E-state index in [-0.39, 0.29) is 18.6 Å². The van der Waals surface area contributed by atoms with Gasteiger partial charge in [0.25, 0.3) is 5.91 Å². The molecule has 1 atom stereocenters. The summed E-state index contributed by atoms with van der Waals surface area (Å²) in [4.78, 5) is 11.7. The molecule has 0 bridgehead atoms. The molecular formula is C12H15N5O3. The molecule has 2 N–H and O–H groups in total. The van der Waals surface area contributed by atoms with Crippen LogP contribution < -0.4 is 14.8 Å². The molecule has 2 aromatic rings. The van der Waals surface area contributed by atoms with Gasteiger partial charge in [0.05, 0.1) is 13.2 Å². The second-order valence-corrected chi connectivity index (χ2v) is 4.02. The van der Waals surface area contributed by atoms with E-state index in [4.69, 9.17) is 9.47 Å². The molecule has 2 rings (SSSR count). The average Bonchev–Trinajstić information content (AvgIpc) is 3.00. The van der Waals surface area contributed by atoms with Gasteiger partial charge in [0.2, 0.25) is 0 Å². The zero-order chi connectivity index (χ0) is 14.4. The fourth-order valence-corrected chi connectivity index (χ4v) is 1.52. The van der Waals surface area contributed by atoms with Gasteiger partial charge in [-0.3, -0.25) is 4.79 Å². The van der Waals surface area contributed by atoms with Crippen LogP contribution in [-0.2, 0) is 4.79 Å². The Labute approximate surface area is 115 Å². The fourth-order valence-electron chi connectivity index (χ4n) is 1.52. The number of H-pyrrole nitrogens is 1. The van der Waals surface area contributed by atoms with Crippen LogP contribution in [0.25, 0.3) is 0 Å². The van der Waals surface area contributed by atoms with Crippen LogP contribution in [0.1, 0.15) is 18.8 Å². The molecule has 8 nitrogen and oxygen atoms in total. The zero-order valence-corrected chi connectivity index (χ0v) is 11.2. The van der Waals surface area contributed by atoms with Gasteiger partial charge in [0, 0.05) is 0 Å². The maximum absolute atomic E-state index is 11.7. The second-order valence-electron chi connectivity index (χ2n) is 4.02. The predicted molar refractivity (Wildman–Crippen MR) is 69.2 cm³/mol. The van der Waals surface area contributed by atoms with Crippen LogP contribution in [0.3, 0.4) is 0 Å². The summed E-state index contributed by atoms with van der Waals surface area (Å²) in [5.41, 5.74) is 0. The molecule has 0 fully saturated rings. The topological polar surface area (TPSA) is 102 Å². The Bertz CT molecular complexity index is 541. The van der Waals surface area contributed by atoms with Gasteiger partial charge in [-0.15, -0.1) is 10.2 Å². The smallest absolute Gasteiger partial charge is 0.258 e. The molecule has 1 unspecified atom stereocenters. The van der Waals surface area contributed by atoms with Crippen LogP contribution in [0.15, 0.2) is 24.3 Å². The molecule has 1 amide bonds. The molecule has 0 saturated carbocycles. The van der Waals surface area contributed by atoms with Crippen molar-refractivity contribution in [3.05, 3.63) is 30.1 Å². The monoisotopic (exact) mass is 277 g/mol. The third-order valence-electron chi connectivity index (χ3n) is 2.56. The van der Waals surface area contributed by atoms with Gasteiger partial charge in [0.1, 0.15) is 11.5 Å². The first kappa shape index (κ1) is 13.8. The Balaban J connectivity index is 1.79. The zero-order valence-electron chi connectivity index (χ0n) is 11.2. The van der Waals surface area contributed by atoms with Crippen LogP contribution in [0.2, 0.25) is 0 Å². The third-order valence-corrected chi connectivity index (χ3v) is 2.56. The van der Waals surface area contributed by atoms with Crippen molar-refractivity contribution in [2.24, 2.45) is 0 Å². The van der Waals surface area contributed by atoms with Crippen LogP contribution in [-0.4, -0.2) is 40.2 Å². The Morgan fingerprint density at radius 3 is 2.65 bits per heavy atom. The summed E-state index contributed by atoms with van der Waals surface area (Å²) in [6.07, 6.45) is 0. The number of ether oxygens (including phenoxy) is 2. The highest BCUT2D eigenvalue weighted by Crippen LogP contribution is 2.16. The van der Waals surface area contributed by atoms with E-state index in [9.17, 15) is 4.79 Å². The van der Waals surface area contributed by atoms with E-state index < -0.39 is 0 Å². The molecule has 0 saturated heterocycles. The average molecular weight is 277 g/mol. The molecule has 0 aliphatic carbocycles. The Hall–Kier alpha value is -2.64. The number of tetrazole rings is 1. The molecule has 20 heavy (non-hydrogen) atoms. The lowest BCUT2D eigenvalue weighted by Gasteiger charge is -2.11. The number of nitrogens with zero attached hydrogens (tertiary/aromatic N) is 3. The van der Waals surface area contributed by atoms with Gasteiger partial charge in [0.15, 0.2) is 12.4 Å². The van der Waals surface area contributed by atoms with Gasteiger partial charge in [-0.25, -0.2) is 0 Å². The normalized spacial score (nSPS) is 11.7. The number of methoxy groups -OCH3 is 1. The van der Waals surface area contributed by atoms with Crippen molar-refractivity contribution in [1.29, 1.82) is 0 Å². The molecule has 0 aliphatic rings. The van der Waals surface area contributed by atoms with Crippen LogP contribution in [0.4, 0.5) is 0 Å². The Kier molecular flexibility index (Phi) is 4.48. The highest BCUT2D eigenvalue weighted by Gasteiger charge is 2.13. The first-order valence-corrected chi connectivity index (χ1v) is 5.98. The summed E-state index contributed by atoms with van der Waals surface area (Å²) in [5.74, 6) is 1.47. The number of rotatable bonds is 6. The lowest BCUT2D eigenvalue weighted by Crippen LogP contribution is -2.31. The predicted octanol–water partition coefficient (Wildman–Crippen LogP) is 0.464. The number of carbonyl (C=O) groups excluding carboxylic acids is 1. The SMILES string of the molecule is COc1ccc(OCC(=O)NC(C)c2nn[nH]n2)cc1. The number of hydrogen-bond donors (Lipinski definition) is 2. The van der Waals surface area contributed by atoms with Crippen molar-refractivity contribution < 1.29 is 14.3 Å². The summed E-state index contributed by atoms with van der Waals surface area (Å²) >= 11 is 0.